The van der Waals surface area contributed by atoms with Crippen molar-refractivity contribution in [2.24, 2.45) is 0 Å². The Kier molecular flexibility index (Phi) is 9.68. The summed E-state index contributed by atoms with van der Waals surface area (Å²) in [6.45, 7) is 4.43. The van der Waals surface area contributed by atoms with Crippen LogP contribution >= 0.6 is 11.3 Å². The molecule has 43 heavy (non-hydrogen) atoms. The van der Waals surface area contributed by atoms with E-state index in [2.05, 4.69) is 26.6 Å². The van der Waals surface area contributed by atoms with Crippen LogP contribution in [-0.4, -0.2) is 75.3 Å². The van der Waals surface area contributed by atoms with Gasteiger partial charge in [-0.3, -0.25) is 19.8 Å². The Balaban J connectivity index is 1.29. The van der Waals surface area contributed by atoms with E-state index in [-0.39, 0.29) is 5.91 Å². The summed E-state index contributed by atoms with van der Waals surface area (Å²) >= 11 is 1.29. The summed E-state index contributed by atoms with van der Waals surface area (Å²) < 4.78 is 23.0. The number of benzene rings is 3. The van der Waals surface area contributed by atoms with Gasteiger partial charge in [-0.25, -0.2) is 4.98 Å². The average Bonchev–Trinajstić information content (AvgIpc) is 3.44. The molecule has 1 aliphatic rings. The number of ether oxygens (including phenoxy) is 4. The topological polar surface area (TPSA) is 135 Å². The number of nitriles is 1. The van der Waals surface area contributed by atoms with E-state index in [1.54, 1.807) is 74.9 Å². The van der Waals surface area contributed by atoms with Crippen molar-refractivity contribution < 1.29 is 28.5 Å². The first-order chi connectivity index (χ1) is 21.0. The monoisotopic (exact) mass is 601 g/mol. The molecule has 1 fully saturated rings. The van der Waals surface area contributed by atoms with Gasteiger partial charge in [0, 0.05) is 49.4 Å². The van der Waals surface area contributed by atoms with Crippen molar-refractivity contribution in [1.82, 2.24) is 15.2 Å². The molecule has 222 valence electrons. The third kappa shape index (κ3) is 7.39. The predicted octanol–water partition coefficient (Wildman–Crippen LogP) is 4.01. The summed E-state index contributed by atoms with van der Waals surface area (Å²) in [4.78, 5) is 33.0. The zero-order chi connectivity index (χ0) is 30.2. The van der Waals surface area contributed by atoms with Gasteiger partial charge in [0.25, 0.3) is 11.8 Å². The smallest absolute Gasteiger partial charge is 0.271 e. The number of anilines is 1. The molecule has 2 N–H and O–H groups in total. The lowest BCUT2D eigenvalue weighted by Crippen LogP contribution is -2.41. The van der Waals surface area contributed by atoms with Crippen LogP contribution in [0.5, 0.6) is 17.2 Å². The van der Waals surface area contributed by atoms with Crippen molar-refractivity contribution in [3.8, 4) is 23.3 Å². The second kappa shape index (κ2) is 14.0. The van der Waals surface area contributed by atoms with Gasteiger partial charge in [-0.1, -0.05) is 23.5 Å². The van der Waals surface area contributed by atoms with E-state index in [0.29, 0.717) is 64.3 Å². The fourth-order valence-corrected chi connectivity index (χ4v) is 5.44. The Hall–Kier alpha value is -4.70. The molecule has 5 rings (SSSR count). The highest BCUT2D eigenvalue weighted by molar-refractivity contribution is 7.22. The number of fused-ring (bicyclic) bond motifs is 1. The summed E-state index contributed by atoms with van der Waals surface area (Å²) in [5, 5.41) is 15.4. The SMILES string of the molecule is COc1cc2nc(NC(=O)C(Oc3ccc(C(=O)NCCN4CCOCC4)cc3)c3ccc(C#N)cc3)sc2cc1OC. The first-order valence-corrected chi connectivity index (χ1v) is 14.5. The van der Waals surface area contributed by atoms with Gasteiger partial charge in [0.1, 0.15) is 5.75 Å². The van der Waals surface area contributed by atoms with Crippen molar-refractivity contribution in [2.45, 2.75) is 6.10 Å². The molecule has 0 radical (unpaired) electrons. The van der Waals surface area contributed by atoms with Crippen LogP contribution in [-0.2, 0) is 9.53 Å². The van der Waals surface area contributed by atoms with Crippen LogP contribution in [0.4, 0.5) is 5.13 Å². The number of nitrogens with one attached hydrogen (secondary N) is 2. The van der Waals surface area contributed by atoms with Crippen LogP contribution in [0.3, 0.4) is 0 Å². The number of rotatable bonds is 11. The molecule has 0 bridgehead atoms. The number of hydrogen-bond acceptors (Lipinski definition) is 10. The Labute approximate surface area is 252 Å². The van der Waals surface area contributed by atoms with Crippen molar-refractivity contribution in [1.29, 1.82) is 5.26 Å². The second-order valence-corrected chi connectivity index (χ2v) is 10.7. The molecule has 1 aromatic heterocycles. The third-order valence-electron chi connectivity index (χ3n) is 6.89. The summed E-state index contributed by atoms with van der Waals surface area (Å²) in [5.74, 6) is 0.849. The van der Waals surface area contributed by atoms with E-state index in [1.165, 1.54) is 11.3 Å². The Morgan fingerprint density at radius 2 is 1.74 bits per heavy atom. The molecular formula is C31H31N5O6S. The summed E-state index contributed by atoms with van der Waals surface area (Å²) in [5.41, 5.74) is 2.13. The molecule has 2 amide bonds. The molecule has 11 nitrogen and oxygen atoms in total. The Morgan fingerprint density at radius 3 is 2.42 bits per heavy atom. The van der Waals surface area contributed by atoms with Crippen LogP contribution in [0.1, 0.15) is 27.6 Å². The number of morpholine rings is 1. The fourth-order valence-electron chi connectivity index (χ4n) is 4.56. The van der Waals surface area contributed by atoms with Gasteiger partial charge in [-0.15, -0.1) is 0 Å². The van der Waals surface area contributed by atoms with E-state index in [0.717, 1.165) is 24.3 Å². The minimum atomic E-state index is -1.06. The number of hydrogen-bond donors (Lipinski definition) is 2. The van der Waals surface area contributed by atoms with E-state index in [4.69, 9.17) is 18.9 Å². The summed E-state index contributed by atoms with van der Waals surface area (Å²) in [6, 6.07) is 18.8. The third-order valence-corrected chi connectivity index (χ3v) is 7.83. The van der Waals surface area contributed by atoms with Crippen LogP contribution in [0, 0.1) is 11.3 Å². The van der Waals surface area contributed by atoms with Gasteiger partial charge in [0.05, 0.1) is 49.3 Å². The molecule has 4 aromatic rings. The van der Waals surface area contributed by atoms with E-state index >= 15 is 0 Å². The van der Waals surface area contributed by atoms with Crippen LogP contribution < -0.4 is 24.8 Å². The highest BCUT2D eigenvalue weighted by Crippen LogP contribution is 2.36. The van der Waals surface area contributed by atoms with Gasteiger partial charge >= 0.3 is 0 Å². The fraction of sp³-hybridized carbons (Fsp3) is 0.290. The van der Waals surface area contributed by atoms with Gasteiger partial charge < -0.3 is 24.3 Å². The van der Waals surface area contributed by atoms with E-state index in [1.807, 2.05) is 0 Å². The average molecular weight is 602 g/mol. The quantitative estimate of drug-likeness (QED) is 0.261. The zero-order valence-electron chi connectivity index (χ0n) is 23.8. The molecule has 3 aromatic carbocycles. The Morgan fingerprint density at radius 1 is 1.05 bits per heavy atom. The lowest BCUT2D eigenvalue weighted by molar-refractivity contribution is -0.123. The highest BCUT2D eigenvalue weighted by Gasteiger charge is 2.25. The second-order valence-electron chi connectivity index (χ2n) is 9.65. The number of carbonyl (C=O) groups excluding carboxylic acids is 2. The first-order valence-electron chi connectivity index (χ1n) is 13.7. The predicted molar refractivity (Wildman–Crippen MR) is 162 cm³/mol. The minimum Gasteiger partial charge on any atom is -0.493 e. The van der Waals surface area contributed by atoms with Gasteiger partial charge in [0.2, 0.25) is 6.10 Å². The number of nitrogens with zero attached hydrogens (tertiary/aromatic N) is 3. The molecule has 0 saturated carbocycles. The number of amides is 2. The Bertz CT molecular complexity index is 1570. The lowest BCUT2D eigenvalue weighted by atomic mass is 10.1. The van der Waals surface area contributed by atoms with Crippen LogP contribution in [0.15, 0.2) is 60.7 Å². The molecule has 0 spiro atoms. The molecule has 1 atom stereocenters. The highest BCUT2D eigenvalue weighted by atomic mass is 32.1. The van der Waals surface area contributed by atoms with Gasteiger partial charge in [-0.2, -0.15) is 5.26 Å². The van der Waals surface area contributed by atoms with Crippen LogP contribution in [0.2, 0.25) is 0 Å². The van der Waals surface area contributed by atoms with E-state index < -0.39 is 12.0 Å². The molecule has 1 saturated heterocycles. The zero-order valence-corrected chi connectivity index (χ0v) is 24.6. The van der Waals surface area contributed by atoms with Gasteiger partial charge in [-0.05, 0) is 36.4 Å². The first kappa shape index (κ1) is 29.8. The largest absolute Gasteiger partial charge is 0.493 e. The van der Waals surface area contributed by atoms with Crippen molar-refractivity contribution in [3.63, 3.8) is 0 Å². The van der Waals surface area contributed by atoms with Gasteiger partial charge in [0.15, 0.2) is 16.6 Å². The maximum Gasteiger partial charge on any atom is 0.271 e. The number of aromatic nitrogens is 1. The normalized spacial score (nSPS) is 14.0. The summed E-state index contributed by atoms with van der Waals surface area (Å²) in [6.07, 6.45) is -1.06. The standard InChI is InChI=1S/C31H31N5O6S/c1-39-25-17-24-27(18-26(25)40-2)43-31(34-24)35-30(38)28(21-5-3-20(19-32)4-6-21)42-23-9-7-22(8-10-23)29(37)33-11-12-36-13-15-41-16-14-36/h3-10,17-18,28H,11-16H2,1-2H3,(H,33,37)(H,34,35,38). The molecule has 0 aliphatic carbocycles. The summed E-state index contributed by atoms with van der Waals surface area (Å²) in [7, 11) is 3.10. The maximum atomic E-state index is 13.6. The van der Waals surface area contributed by atoms with Crippen molar-refractivity contribution in [2.75, 3.05) is 58.9 Å². The molecule has 1 unspecified atom stereocenters. The van der Waals surface area contributed by atoms with Crippen molar-refractivity contribution >= 4 is 38.5 Å². The van der Waals surface area contributed by atoms with E-state index in [9.17, 15) is 14.9 Å². The maximum absolute atomic E-state index is 13.6. The van der Waals surface area contributed by atoms with Crippen LogP contribution in [0.25, 0.3) is 10.2 Å². The number of carbonyl (C=O) groups is 2. The molecular weight excluding hydrogens is 570 g/mol. The lowest BCUT2D eigenvalue weighted by Gasteiger charge is -2.26. The van der Waals surface area contributed by atoms with Crippen molar-refractivity contribution in [3.05, 3.63) is 77.4 Å². The molecule has 12 heteroatoms. The molecule has 2 heterocycles. The molecule has 1 aliphatic heterocycles. The minimum absolute atomic E-state index is 0.190. The number of thiazole rings is 1. The number of methoxy groups -OCH3 is 2.